The Labute approximate surface area is 109 Å². The van der Waals surface area contributed by atoms with Crippen molar-refractivity contribution in [2.24, 2.45) is 0 Å². The summed E-state index contributed by atoms with van der Waals surface area (Å²) >= 11 is 0. The summed E-state index contributed by atoms with van der Waals surface area (Å²) in [5.41, 5.74) is 0.511. The molecule has 0 saturated heterocycles. The van der Waals surface area contributed by atoms with Gasteiger partial charge in [0, 0.05) is 13.0 Å². The molecule has 6 nitrogen and oxygen atoms in total. The highest BCUT2D eigenvalue weighted by Gasteiger charge is 2.20. The monoisotopic (exact) mass is 270 g/mol. The number of amides is 2. The zero-order chi connectivity index (χ0) is 14.4. The fourth-order valence-corrected chi connectivity index (χ4v) is 1.48. The first-order valence-corrected chi connectivity index (χ1v) is 5.62. The quantitative estimate of drug-likeness (QED) is 0.643. The third-order valence-corrected chi connectivity index (χ3v) is 2.48. The zero-order valence-corrected chi connectivity index (χ0v) is 10.3. The van der Waals surface area contributed by atoms with Crippen molar-refractivity contribution in [1.82, 2.24) is 5.32 Å². The van der Waals surface area contributed by atoms with E-state index in [1.807, 2.05) is 0 Å². The van der Waals surface area contributed by atoms with Crippen molar-refractivity contribution in [3.05, 3.63) is 29.6 Å². The van der Waals surface area contributed by atoms with Gasteiger partial charge in [0.2, 0.25) is 0 Å². The smallest absolute Gasteiger partial charge is 0.326 e. The lowest BCUT2D eigenvalue weighted by atomic mass is 10.2. The van der Waals surface area contributed by atoms with Gasteiger partial charge < -0.3 is 20.8 Å². The maximum absolute atomic E-state index is 13.5. The molecule has 0 unspecified atom stereocenters. The summed E-state index contributed by atoms with van der Waals surface area (Å²) in [6.45, 7) is 1.23. The number of para-hydroxylation sites is 1. The van der Waals surface area contributed by atoms with Crippen molar-refractivity contribution in [3.63, 3.8) is 0 Å². The number of hydrogen-bond donors (Lipinski definition) is 4. The highest BCUT2D eigenvalue weighted by molar-refractivity contribution is 5.92. The molecule has 0 aromatic heterocycles. The number of carbonyl (C=O) groups is 2. The van der Waals surface area contributed by atoms with Crippen molar-refractivity contribution in [1.29, 1.82) is 0 Å². The van der Waals surface area contributed by atoms with Gasteiger partial charge in [-0.15, -0.1) is 0 Å². The van der Waals surface area contributed by atoms with Gasteiger partial charge in [-0.3, -0.25) is 0 Å². The molecule has 0 aliphatic heterocycles. The Hall–Kier alpha value is -2.15. The number of aliphatic hydroxyl groups is 1. The van der Waals surface area contributed by atoms with Gasteiger partial charge in [0.25, 0.3) is 0 Å². The van der Waals surface area contributed by atoms with Crippen molar-refractivity contribution >= 4 is 17.7 Å². The third kappa shape index (κ3) is 4.22. The molecule has 0 radical (unpaired) electrons. The fraction of sp³-hybridized carbons (Fsp3) is 0.333. The summed E-state index contributed by atoms with van der Waals surface area (Å²) in [6, 6.07) is 2.23. The van der Waals surface area contributed by atoms with Gasteiger partial charge in [0.05, 0.1) is 5.69 Å². The molecule has 2 amide bonds. The molecule has 0 bridgehead atoms. The molecule has 104 valence electrons. The maximum atomic E-state index is 13.5. The Balaban J connectivity index is 2.72. The second kappa shape index (κ2) is 6.69. The molecule has 0 fully saturated rings. The number of halogens is 1. The van der Waals surface area contributed by atoms with Gasteiger partial charge in [-0.05, 0) is 18.6 Å². The SMILES string of the molecule is Cc1cccc(F)c1NC(=O)N[C@@H](CCO)C(=O)O. The van der Waals surface area contributed by atoms with Crippen LogP contribution in [-0.2, 0) is 4.79 Å². The second-order valence-electron chi connectivity index (χ2n) is 3.93. The molecule has 19 heavy (non-hydrogen) atoms. The Kier molecular flexibility index (Phi) is 5.25. The minimum Gasteiger partial charge on any atom is -0.480 e. The van der Waals surface area contributed by atoms with E-state index in [1.54, 1.807) is 13.0 Å². The number of benzene rings is 1. The largest absolute Gasteiger partial charge is 0.480 e. The number of urea groups is 1. The normalized spacial score (nSPS) is 11.7. The molecule has 0 heterocycles. The summed E-state index contributed by atoms with van der Waals surface area (Å²) < 4.78 is 13.5. The summed E-state index contributed by atoms with van der Waals surface area (Å²) in [4.78, 5) is 22.4. The fourth-order valence-electron chi connectivity index (χ4n) is 1.48. The lowest BCUT2D eigenvalue weighted by molar-refractivity contribution is -0.139. The number of hydrogen-bond acceptors (Lipinski definition) is 3. The number of rotatable bonds is 5. The van der Waals surface area contributed by atoms with Crippen LogP contribution in [0.4, 0.5) is 14.9 Å². The number of carboxylic acids is 1. The van der Waals surface area contributed by atoms with Crippen LogP contribution in [0.3, 0.4) is 0 Å². The Morgan fingerprint density at radius 1 is 1.42 bits per heavy atom. The molecule has 1 atom stereocenters. The number of carbonyl (C=O) groups excluding carboxylic acids is 1. The number of aliphatic hydroxyl groups excluding tert-OH is 1. The van der Waals surface area contributed by atoms with E-state index in [0.717, 1.165) is 0 Å². The van der Waals surface area contributed by atoms with Crippen molar-refractivity contribution in [2.75, 3.05) is 11.9 Å². The van der Waals surface area contributed by atoms with E-state index >= 15 is 0 Å². The van der Waals surface area contributed by atoms with E-state index < -0.39 is 23.9 Å². The molecule has 0 spiro atoms. The van der Waals surface area contributed by atoms with E-state index in [1.165, 1.54) is 12.1 Å². The van der Waals surface area contributed by atoms with Gasteiger partial charge in [0.1, 0.15) is 11.9 Å². The molecular weight excluding hydrogens is 255 g/mol. The Morgan fingerprint density at radius 2 is 2.11 bits per heavy atom. The summed E-state index contributed by atoms with van der Waals surface area (Å²) in [5.74, 6) is -1.88. The predicted octanol–water partition coefficient (Wildman–Crippen LogP) is 1.09. The van der Waals surface area contributed by atoms with Crippen LogP contribution in [0.5, 0.6) is 0 Å². The standard InChI is InChI=1S/C12H15FN2O4/c1-7-3-2-4-8(13)10(7)15-12(19)14-9(5-6-16)11(17)18/h2-4,9,16H,5-6H2,1H3,(H,17,18)(H2,14,15,19)/t9-/m0/s1. The van der Waals surface area contributed by atoms with Crippen molar-refractivity contribution in [2.45, 2.75) is 19.4 Å². The van der Waals surface area contributed by atoms with Gasteiger partial charge in [-0.2, -0.15) is 0 Å². The molecule has 7 heteroatoms. The van der Waals surface area contributed by atoms with Crippen LogP contribution in [-0.4, -0.2) is 34.9 Å². The minimum atomic E-state index is -1.27. The summed E-state index contributed by atoms with van der Waals surface area (Å²) in [7, 11) is 0. The first-order valence-electron chi connectivity index (χ1n) is 5.62. The molecule has 1 rings (SSSR count). The van der Waals surface area contributed by atoms with Gasteiger partial charge >= 0.3 is 12.0 Å². The molecule has 1 aromatic carbocycles. The number of aryl methyl sites for hydroxylation is 1. The topological polar surface area (TPSA) is 98.7 Å². The van der Waals surface area contributed by atoms with Gasteiger partial charge in [-0.25, -0.2) is 14.0 Å². The zero-order valence-electron chi connectivity index (χ0n) is 10.3. The van der Waals surface area contributed by atoms with Crippen LogP contribution in [0.1, 0.15) is 12.0 Å². The molecule has 0 aliphatic carbocycles. The van der Waals surface area contributed by atoms with Crippen LogP contribution in [0.25, 0.3) is 0 Å². The van der Waals surface area contributed by atoms with Crippen LogP contribution in [0.2, 0.25) is 0 Å². The van der Waals surface area contributed by atoms with Gasteiger partial charge in [0.15, 0.2) is 0 Å². The van der Waals surface area contributed by atoms with E-state index in [2.05, 4.69) is 10.6 Å². The average Bonchev–Trinajstić information content (AvgIpc) is 2.33. The number of anilines is 1. The van der Waals surface area contributed by atoms with Crippen LogP contribution in [0.15, 0.2) is 18.2 Å². The Bertz CT molecular complexity index is 459. The van der Waals surface area contributed by atoms with Gasteiger partial charge in [-0.1, -0.05) is 12.1 Å². The maximum Gasteiger partial charge on any atom is 0.326 e. The first kappa shape index (κ1) is 14.9. The van der Waals surface area contributed by atoms with E-state index in [-0.39, 0.29) is 18.7 Å². The summed E-state index contributed by atoms with van der Waals surface area (Å²) in [6.07, 6.45) is -0.126. The first-order chi connectivity index (χ1) is 8.95. The van der Waals surface area contributed by atoms with Crippen LogP contribution >= 0.6 is 0 Å². The third-order valence-electron chi connectivity index (χ3n) is 2.48. The molecular formula is C12H15FN2O4. The van der Waals surface area contributed by atoms with Crippen molar-refractivity contribution < 1.29 is 24.2 Å². The minimum absolute atomic E-state index is 0.00635. The average molecular weight is 270 g/mol. The van der Waals surface area contributed by atoms with Crippen LogP contribution in [0, 0.1) is 12.7 Å². The lowest BCUT2D eigenvalue weighted by Gasteiger charge is -2.15. The molecule has 0 aliphatic rings. The summed E-state index contributed by atoms with van der Waals surface area (Å²) in [5, 5.41) is 21.9. The Morgan fingerprint density at radius 3 is 2.63 bits per heavy atom. The lowest BCUT2D eigenvalue weighted by Crippen LogP contribution is -2.43. The number of carboxylic acid groups (broad SMARTS) is 1. The second-order valence-corrected chi connectivity index (χ2v) is 3.93. The highest BCUT2D eigenvalue weighted by Crippen LogP contribution is 2.18. The van der Waals surface area contributed by atoms with Crippen LogP contribution < -0.4 is 10.6 Å². The van der Waals surface area contributed by atoms with E-state index in [9.17, 15) is 14.0 Å². The highest BCUT2D eigenvalue weighted by atomic mass is 19.1. The van der Waals surface area contributed by atoms with E-state index in [4.69, 9.17) is 10.2 Å². The van der Waals surface area contributed by atoms with Crippen molar-refractivity contribution in [3.8, 4) is 0 Å². The van der Waals surface area contributed by atoms with E-state index in [0.29, 0.717) is 5.56 Å². The number of aliphatic carboxylic acids is 1. The predicted molar refractivity (Wildman–Crippen MR) is 66.4 cm³/mol. The molecule has 1 aromatic rings. The number of nitrogens with one attached hydrogen (secondary N) is 2. The molecule has 4 N–H and O–H groups in total. The molecule has 0 saturated carbocycles.